The van der Waals surface area contributed by atoms with E-state index in [-0.39, 0.29) is 0 Å². The fourth-order valence-electron chi connectivity index (χ4n) is 1.68. The van der Waals surface area contributed by atoms with Gasteiger partial charge in [-0.1, -0.05) is 18.2 Å². The van der Waals surface area contributed by atoms with E-state index in [2.05, 4.69) is 23.4 Å². The number of rotatable bonds is 5. The Morgan fingerprint density at radius 3 is 2.69 bits per heavy atom. The smallest absolute Gasteiger partial charge is 0.0645 e. The summed E-state index contributed by atoms with van der Waals surface area (Å²) in [6.07, 6.45) is 7.30. The van der Waals surface area contributed by atoms with E-state index in [0.717, 1.165) is 31.5 Å². The maximum Gasteiger partial charge on any atom is 0.0645 e. The van der Waals surface area contributed by atoms with Crippen molar-refractivity contribution in [2.45, 2.75) is 19.3 Å². The van der Waals surface area contributed by atoms with Gasteiger partial charge >= 0.3 is 0 Å². The van der Waals surface area contributed by atoms with E-state index in [9.17, 15) is 0 Å². The highest BCUT2D eigenvalue weighted by Gasteiger charge is 1.99. The molecule has 0 saturated carbocycles. The first-order valence-corrected chi connectivity index (χ1v) is 5.69. The van der Waals surface area contributed by atoms with Crippen molar-refractivity contribution in [2.75, 3.05) is 6.54 Å². The molecule has 0 saturated heterocycles. The summed E-state index contributed by atoms with van der Waals surface area (Å²) in [4.78, 5) is 0. The molecule has 2 rings (SSSR count). The van der Waals surface area contributed by atoms with Crippen LogP contribution in [-0.2, 0) is 6.42 Å². The molecule has 2 N–H and O–H groups in total. The predicted octanol–water partition coefficient (Wildman–Crippen LogP) is 2.15. The first kappa shape index (κ1) is 10.9. The highest BCUT2D eigenvalue weighted by molar-refractivity contribution is 5.30. The second kappa shape index (κ2) is 5.47. The van der Waals surface area contributed by atoms with Gasteiger partial charge in [0.15, 0.2) is 0 Å². The molecule has 0 spiro atoms. The van der Waals surface area contributed by atoms with Crippen LogP contribution < -0.4 is 5.73 Å². The normalized spacial score (nSPS) is 10.6. The van der Waals surface area contributed by atoms with Crippen molar-refractivity contribution in [1.29, 1.82) is 0 Å². The number of aromatic nitrogens is 2. The van der Waals surface area contributed by atoms with Crippen molar-refractivity contribution >= 4 is 0 Å². The van der Waals surface area contributed by atoms with E-state index >= 15 is 0 Å². The zero-order valence-electron chi connectivity index (χ0n) is 9.34. The summed E-state index contributed by atoms with van der Waals surface area (Å²) in [7, 11) is 0. The SMILES string of the molecule is NCCCCc1cnn(-c2ccccc2)c1. The molecule has 16 heavy (non-hydrogen) atoms. The number of unbranched alkanes of at least 4 members (excludes halogenated alkanes) is 1. The quantitative estimate of drug-likeness (QED) is 0.777. The predicted molar refractivity (Wildman–Crippen MR) is 65.6 cm³/mol. The van der Waals surface area contributed by atoms with E-state index in [0.29, 0.717) is 0 Å². The van der Waals surface area contributed by atoms with Gasteiger partial charge in [-0.25, -0.2) is 4.68 Å². The van der Waals surface area contributed by atoms with Gasteiger partial charge < -0.3 is 5.73 Å². The Bertz CT molecular complexity index is 420. The molecule has 0 bridgehead atoms. The fourth-order valence-corrected chi connectivity index (χ4v) is 1.68. The van der Waals surface area contributed by atoms with Crippen LogP contribution in [0, 0.1) is 0 Å². The number of benzene rings is 1. The summed E-state index contributed by atoms with van der Waals surface area (Å²) in [5, 5.41) is 4.35. The monoisotopic (exact) mass is 215 g/mol. The van der Waals surface area contributed by atoms with Gasteiger partial charge in [-0.05, 0) is 43.5 Å². The molecule has 2 aromatic rings. The van der Waals surface area contributed by atoms with E-state index in [1.165, 1.54) is 5.56 Å². The molecule has 1 heterocycles. The molecule has 0 aliphatic carbocycles. The average molecular weight is 215 g/mol. The number of hydrogen-bond donors (Lipinski definition) is 1. The lowest BCUT2D eigenvalue weighted by molar-refractivity contribution is 0.744. The van der Waals surface area contributed by atoms with Gasteiger partial charge in [0.1, 0.15) is 0 Å². The number of hydrogen-bond acceptors (Lipinski definition) is 2. The summed E-state index contributed by atoms with van der Waals surface area (Å²) in [5.41, 5.74) is 7.85. The van der Waals surface area contributed by atoms with Gasteiger partial charge in [-0.3, -0.25) is 0 Å². The first-order chi connectivity index (χ1) is 7.90. The maximum absolute atomic E-state index is 5.47. The highest BCUT2D eigenvalue weighted by atomic mass is 15.3. The number of aryl methyl sites for hydroxylation is 1. The third-order valence-corrected chi connectivity index (χ3v) is 2.58. The minimum absolute atomic E-state index is 0.771. The zero-order chi connectivity index (χ0) is 11.2. The number of nitrogens with two attached hydrogens (primary N) is 1. The van der Waals surface area contributed by atoms with Gasteiger partial charge in [-0.2, -0.15) is 5.10 Å². The molecular formula is C13H17N3. The van der Waals surface area contributed by atoms with E-state index in [1.54, 1.807) is 0 Å². The summed E-state index contributed by atoms with van der Waals surface area (Å²) >= 11 is 0. The van der Waals surface area contributed by atoms with Crippen molar-refractivity contribution in [2.24, 2.45) is 5.73 Å². The second-order valence-corrected chi connectivity index (χ2v) is 3.87. The average Bonchev–Trinajstić information content (AvgIpc) is 2.79. The van der Waals surface area contributed by atoms with Crippen molar-refractivity contribution < 1.29 is 0 Å². The van der Waals surface area contributed by atoms with Crippen LogP contribution in [0.2, 0.25) is 0 Å². The molecule has 1 aromatic carbocycles. The van der Waals surface area contributed by atoms with Crippen LogP contribution >= 0.6 is 0 Å². The van der Waals surface area contributed by atoms with Crippen molar-refractivity contribution in [3.63, 3.8) is 0 Å². The van der Waals surface area contributed by atoms with Gasteiger partial charge in [0.2, 0.25) is 0 Å². The third kappa shape index (κ3) is 2.70. The van der Waals surface area contributed by atoms with Crippen LogP contribution in [0.5, 0.6) is 0 Å². The Morgan fingerprint density at radius 2 is 1.94 bits per heavy atom. The summed E-state index contributed by atoms with van der Waals surface area (Å²) in [6, 6.07) is 10.2. The van der Waals surface area contributed by atoms with Crippen LogP contribution in [0.25, 0.3) is 5.69 Å². The minimum Gasteiger partial charge on any atom is -0.330 e. The first-order valence-electron chi connectivity index (χ1n) is 5.69. The lowest BCUT2D eigenvalue weighted by Crippen LogP contribution is -1.98. The molecule has 84 valence electrons. The largest absolute Gasteiger partial charge is 0.330 e. The van der Waals surface area contributed by atoms with Crippen LogP contribution in [0.15, 0.2) is 42.7 Å². The standard InChI is InChI=1S/C13H17N3/c14-9-5-4-6-12-10-15-16(11-12)13-7-2-1-3-8-13/h1-3,7-8,10-11H,4-6,9,14H2. The third-order valence-electron chi connectivity index (χ3n) is 2.58. The fraction of sp³-hybridized carbons (Fsp3) is 0.308. The zero-order valence-corrected chi connectivity index (χ0v) is 9.34. The Balaban J connectivity index is 2.02. The Labute approximate surface area is 95.9 Å². The summed E-state index contributed by atoms with van der Waals surface area (Å²) < 4.78 is 1.91. The Morgan fingerprint density at radius 1 is 1.12 bits per heavy atom. The Kier molecular flexibility index (Phi) is 3.72. The molecule has 0 radical (unpaired) electrons. The maximum atomic E-state index is 5.47. The molecule has 0 atom stereocenters. The topological polar surface area (TPSA) is 43.8 Å². The van der Waals surface area contributed by atoms with Gasteiger partial charge in [0.25, 0.3) is 0 Å². The van der Waals surface area contributed by atoms with E-state index < -0.39 is 0 Å². The van der Waals surface area contributed by atoms with E-state index in [4.69, 9.17) is 5.73 Å². The lowest BCUT2D eigenvalue weighted by Gasteiger charge is -1.99. The van der Waals surface area contributed by atoms with Crippen LogP contribution in [0.1, 0.15) is 18.4 Å². The number of nitrogens with zero attached hydrogens (tertiary/aromatic N) is 2. The molecule has 0 aliphatic heterocycles. The molecule has 3 nitrogen and oxygen atoms in total. The molecule has 0 amide bonds. The van der Waals surface area contributed by atoms with Crippen molar-refractivity contribution in [1.82, 2.24) is 9.78 Å². The molecule has 0 unspecified atom stereocenters. The van der Waals surface area contributed by atoms with Gasteiger partial charge in [0, 0.05) is 6.20 Å². The van der Waals surface area contributed by atoms with Gasteiger partial charge in [0.05, 0.1) is 11.9 Å². The van der Waals surface area contributed by atoms with Gasteiger partial charge in [-0.15, -0.1) is 0 Å². The van der Waals surface area contributed by atoms with Crippen LogP contribution in [-0.4, -0.2) is 16.3 Å². The van der Waals surface area contributed by atoms with Crippen LogP contribution in [0.3, 0.4) is 0 Å². The Hall–Kier alpha value is -1.61. The molecular weight excluding hydrogens is 198 g/mol. The summed E-state index contributed by atoms with van der Waals surface area (Å²) in [6.45, 7) is 0.771. The lowest BCUT2D eigenvalue weighted by atomic mass is 10.1. The minimum atomic E-state index is 0.771. The molecule has 1 aromatic heterocycles. The molecule has 0 aliphatic rings. The van der Waals surface area contributed by atoms with Crippen molar-refractivity contribution in [3.05, 3.63) is 48.3 Å². The van der Waals surface area contributed by atoms with E-state index in [1.807, 2.05) is 29.1 Å². The second-order valence-electron chi connectivity index (χ2n) is 3.87. The number of para-hydroxylation sites is 1. The summed E-state index contributed by atoms with van der Waals surface area (Å²) in [5.74, 6) is 0. The molecule has 0 fully saturated rings. The van der Waals surface area contributed by atoms with Crippen LogP contribution in [0.4, 0.5) is 0 Å². The molecule has 3 heteroatoms. The van der Waals surface area contributed by atoms with Crippen molar-refractivity contribution in [3.8, 4) is 5.69 Å². The highest BCUT2D eigenvalue weighted by Crippen LogP contribution is 2.09.